The zero-order valence-corrected chi connectivity index (χ0v) is 11.8. The number of nitrogens with one attached hydrogen (secondary N) is 1. The van der Waals surface area contributed by atoms with Gasteiger partial charge in [-0.2, -0.15) is 0 Å². The Morgan fingerprint density at radius 1 is 1.56 bits per heavy atom. The number of sulfonamides is 1. The summed E-state index contributed by atoms with van der Waals surface area (Å²) in [4.78, 5) is 3.69. The van der Waals surface area contributed by atoms with Gasteiger partial charge in [-0.1, -0.05) is 22.9 Å². The molecule has 0 amide bonds. The van der Waals surface area contributed by atoms with Crippen molar-refractivity contribution in [2.24, 2.45) is 7.05 Å². The van der Waals surface area contributed by atoms with Gasteiger partial charge in [0.25, 0.3) is 10.0 Å². The van der Waals surface area contributed by atoms with Crippen LogP contribution in [0.5, 0.6) is 0 Å². The first-order valence-corrected chi connectivity index (χ1v) is 7.60. The summed E-state index contributed by atoms with van der Waals surface area (Å²) < 4.78 is 28.1. The van der Waals surface area contributed by atoms with E-state index in [4.69, 9.17) is 11.6 Å². The third kappa shape index (κ3) is 3.05. The first-order chi connectivity index (χ1) is 8.49. The monoisotopic (exact) mass is 307 g/mol. The van der Waals surface area contributed by atoms with E-state index in [1.807, 2.05) is 0 Å². The fourth-order valence-electron chi connectivity index (χ4n) is 1.27. The van der Waals surface area contributed by atoms with Crippen molar-refractivity contribution in [2.75, 3.05) is 6.54 Å². The third-order valence-electron chi connectivity index (χ3n) is 2.17. The maximum Gasteiger partial charge on any atom is 0.251 e. The van der Waals surface area contributed by atoms with E-state index in [1.54, 1.807) is 17.9 Å². The molecular formula is C8H10ClN5O2S2. The first-order valence-electron chi connectivity index (χ1n) is 4.93. The van der Waals surface area contributed by atoms with Gasteiger partial charge in [-0.15, -0.1) is 10.2 Å². The molecule has 0 bridgehead atoms. The fraction of sp³-hybridized carbons (Fsp3) is 0.375. The normalized spacial score (nSPS) is 11.9. The van der Waals surface area contributed by atoms with Crippen LogP contribution in [0.1, 0.15) is 5.82 Å². The molecule has 0 fully saturated rings. The Morgan fingerprint density at radius 3 is 2.89 bits per heavy atom. The van der Waals surface area contributed by atoms with E-state index in [0.29, 0.717) is 12.2 Å². The van der Waals surface area contributed by atoms with E-state index >= 15 is 0 Å². The maximum atomic E-state index is 11.8. The molecule has 7 nitrogen and oxygen atoms in total. The molecule has 0 aliphatic carbocycles. The lowest BCUT2D eigenvalue weighted by molar-refractivity contribution is 0.582. The molecule has 2 aromatic heterocycles. The quantitative estimate of drug-likeness (QED) is 0.866. The first kappa shape index (κ1) is 13.4. The SMILES string of the molecule is Cn1cnnc1CCNS(=O)(=O)c1cnc(Cl)s1. The second kappa shape index (κ2) is 5.31. The molecule has 2 aromatic rings. The predicted octanol–water partition coefficient (Wildman–Crippen LogP) is 0.446. The number of hydrogen-bond acceptors (Lipinski definition) is 6. The summed E-state index contributed by atoms with van der Waals surface area (Å²) in [6, 6.07) is 0. The minimum Gasteiger partial charge on any atom is -0.321 e. The molecule has 0 aliphatic heterocycles. The number of nitrogens with zero attached hydrogens (tertiary/aromatic N) is 4. The number of aromatic nitrogens is 4. The molecule has 10 heteroatoms. The van der Waals surface area contributed by atoms with Crippen molar-refractivity contribution in [3.05, 3.63) is 22.8 Å². The standard InChI is InChI=1S/C8H10ClN5O2S2/c1-14-5-11-13-6(14)2-3-12-18(15,16)7-4-10-8(9)17-7/h4-5,12H,2-3H2,1H3. The van der Waals surface area contributed by atoms with Gasteiger partial charge in [-0.3, -0.25) is 0 Å². The highest BCUT2D eigenvalue weighted by atomic mass is 35.5. The number of rotatable bonds is 5. The fourth-order valence-corrected chi connectivity index (χ4v) is 3.63. The van der Waals surface area contributed by atoms with E-state index in [9.17, 15) is 8.42 Å². The van der Waals surface area contributed by atoms with Crippen LogP contribution in [0.4, 0.5) is 0 Å². The maximum absolute atomic E-state index is 11.8. The van der Waals surface area contributed by atoms with Crippen molar-refractivity contribution in [3.8, 4) is 0 Å². The van der Waals surface area contributed by atoms with Crippen molar-refractivity contribution in [1.82, 2.24) is 24.5 Å². The van der Waals surface area contributed by atoms with Gasteiger partial charge in [0.1, 0.15) is 12.2 Å². The molecule has 2 heterocycles. The lowest BCUT2D eigenvalue weighted by Gasteiger charge is -2.03. The summed E-state index contributed by atoms with van der Waals surface area (Å²) >= 11 is 6.51. The van der Waals surface area contributed by atoms with E-state index in [0.717, 1.165) is 11.3 Å². The molecule has 2 rings (SSSR count). The van der Waals surface area contributed by atoms with Gasteiger partial charge in [0.2, 0.25) is 0 Å². The van der Waals surface area contributed by atoms with Crippen LogP contribution in [-0.4, -0.2) is 34.7 Å². The lowest BCUT2D eigenvalue weighted by Crippen LogP contribution is -2.26. The molecule has 0 saturated carbocycles. The Bertz CT molecular complexity index is 635. The van der Waals surface area contributed by atoms with Crippen LogP contribution in [0.3, 0.4) is 0 Å². The van der Waals surface area contributed by atoms with Gasteiger partial charge in [0.15, 0.2) is 8.68 Å². The predicted molar refractivity (Wildman–Crippen MR) is 67.0 cm³/mol. The number of hydrogen-bond donors (Lipinski definition) is 1. The minimum absolute atomic E-state index is 0.102. The van der Waals surface area contributed by atoms with Crippen LogP contribution >= 0.6 is 22.9 Å². The highest BCUT2D eigenvalue weighted by Gasteiger charge is 2.17. The summed E-state index contributed by atoms with van der Waals surface area (Å²) in [5, 5.41) is 7.57. The van der Waals surface area contributed by atoms with E-state index in [2.05, 4.69) is 19.9 Å². The summed E-state index contributed by atoms with van der Waals surface area (Å²) in [6.45, 7) is 0.240. The van der Waals surface area contributed by atoms with E-state index < -0.39 is 10.0 Å². The molecule has 0 unspecified atom stereocenters. The topological polar surface area (TPSA) is 89.8 Å². The summed E-state index contributed by atoms with van der Waals surface area (Å²) in [5.74, 6) is 0.708. The van der Waals surface area contributed by atoms with Gasteiger partial charge in [0, 0.05) is 20.0 Å². The van der Waals surface area contributed by atoms with Crippen LogP contribution in [-0.2, 0) is 23.5 Å². The smallest absolute Gasteiger partial charge is 0.251 e. The Kier molecular flexibility index (Phi) is 3.95. The van der Waals surface area contributed by atoms with Crippen molar-refractivity contribution in [3.63, 3.8) is 0 Å². The number of aryl methyl sites for hydroxylation is 1. The van der Waals surface area contributed by atoms with Crippen molar-refractivity contribution < 1.29 is 8.42 Å². The second-order valence-electron chi connectivity index (χ2n) is 3.44. The number of thiazole rings is 1. The van der Waals surface area contributed by atoms with E-state index in [-0.39, 0.29) is 15.2 Å². The molecule has 18 heavy (non-hydrogen) atoms. The molecule has 0 spiro atoms. The number of halogens is 1. The third-order valence-corrected chi connectivity index (χ3v) is 5.20. The molecule has 0 radical (unpaired) electrons. The summed E-state index contributed by atoms with van der Waals surface area (Å²) in [6.07, 6.45) is 3.26. The van der Waals surface area contributed by atoms with Crippen molar-refractivity contribution in [1.29, 1.82) is 0 Å². The Labute approximate surface area is 113 Å². The van der Waals surface area contributed by atoms with Crippen molar-refractivity contribution in [2.45, 2.75) is 10.6 Å². The average Bonchev–Trinajstić information content (AvgIpc) is 2.89. The molecule has 0 aliphatic rings. The van der Waals surface area contributed by atoms with Gasteiger partial charge in [-0.25, -0.2) is 18.1 Å². The van der Waals surface area contributed by atoms with Gasteiger partial charge in [-0.05, 0) is 0 Å². The highest BCUT2D eigenvalue weighted by Crippen LogP contribution is 2.21. The summed E-state index contributed by atoms with van der Waals surface area (Å²) in [7, 11) is -1.74. The summed E-state index contributed by atoms with van der Waals surface area (Å²) in [5.41, 5.74) is 0. The average molecular weight is 308 g/mol. The molecule has 0 aromatic carbocycles. The second-order valence-corrected chi connectivity index (χ2v) is 7.04. The molecule has 0 saturated heterocycles. The Hall–Kier alpha value is -1.03. The van der Waals surface area contributed by atoms with Crippen LogP contribution in [0.2, 0.25) is 4.47 Å². The van der Waals surface area contributed by atoms with Gasteiger partial charge >= 0.3 is 0 Å². The van der Waals surface area contributed by atoms with Gasteiger partial charge in [0.05, 0.1) is 6.20 Å². The van der Waals surface area contributed by atoms with Crippen LogP contribution < -0.4 is 4.72 Å². The minimum atomic E-state index is -3.54. The van der Waals surface area contributed by atoms with E-state index in [1.165, 1.54) is 6.20 Å². The molecule has 1 N–H and O–H groups in total. The largest absolute Gasteiger partial charge is 0.321 e. The zero-order valence-electron chi connectivity index (χ0n) is 9.37. The zero-order chi connectivity index (χ0) is 13.2. The molecular weight excluding hydrogens is 298 g/mol. The van der Waals surface area contributed by atoms with Gasteiger partial charge < -0.3 is 4.57 Å². The van der Waals surface area contributed by atoms with Crippen molar-refractivity contribution >= 4 is 33.0 Å². The van der Waals surface area contributed by atoms with Crippen LogP contribution in [0.25, 0.3) is 0 Å². The van der Waals surface area contributed by atoms with Crippen LogP contribution in [0.15, 0.2) is 16.7 Å². The lowest BCUT2D eigenvalue weighted by atomic mass is 10.4. The Morgan fingerprint density at radius 2 is 2.33 bits per heavy atom. The Balaban J connectivity index is 1.96. The molecule has 0 atom stereocenters. The highest BCUT2D eigenvalue weighted by molar-refractivity contribution is 7.91. The van der Waals surface area contributed by atoms with Crippen LogP contribution in [0, 0.1) is 0 Å². The molecule has 98 valence electrons.